The molecule has 20 heavy (non-hydrogen) atoms. The molecule has 1 aromatic carbocycles. The van der Waals surface area contributed by atoms with Crippen LogP contribution in [0.4, 0.5) is 4.39 Å². The molecular formula is C12H15ClFNO4S. The van der Waals surface area contributed by atoms with Crippen molar-refractivity contribution in [1.82, 2.24) is 5.32 Å². The predicted molar refractivity (Wildman–Crippen MR) is 73.1 cm³/mol. The first-order valence-electron chi connectivity index (χ1n) is 5.69. The Morgan fingerprint density at radius 2 is 1.95 bits per heavy atom. The fraction of sp³-hybridized carbons (Fsp3) is 0.417. The van der Waals surface area contributed by atoms with Gasteiger partial charge in [-0.3, -0.25) is 4.79 Å². The number of sulfone groups is 1. The maximum absolute atomic E-state index is 12.8. The third-order valence-electron chi connectivity index (χ3n) is 2.66. The van der Waals surface area contributed by atoms with Gasteiger partial charge in [-0.2, -0.15) is 0 Å². The van der Waals surface area contributed by atoms with Gasteiger partial charge < -0.3 is 10.4 Å². The van der Waals surface area contributed by atoms with E-state index in [0.29, 0.717) is 5.56 Å². The average molecular weight is 324 g/mol. The van der Waals surface area contributed by atoms with Crippen LogP contribution in [-0.2, 0) is 14.6 Å². The molecule has 112 valence electrons. The molecular weight excluding hydrogens is 309 g/mol. The highest BCUT2D eigenvalue weighted by molar-refractivity contribution is 7.90. The number of aliphatic hydroxyl groups excluding tert-OH is 1. The SMILES string of the molecule is CS(=O)(=O)c1ccc([C@H](O)[C@H](CF)NC(=O)CCl)cc1. The second-order valence-electron chi connectivity index (χ2n) is 4.25. The standard InChI is InChI=1S/C12H15ClFNO4S/c1-20(18,19)9-4-2-8(3-5-9)12(17)10(7-14)15-11(16)6-13/h2-5,10,12,17H,6-7H2,1H3,(H,15,16)/t10-,12-/m0/s1. The summed E-state index contributed by atoms with van der Waals surface area (Å²) in [6.45, 7) is -0.975. The molecule has 0 unspecified atom stereocenters. The van der Waals surface area contributed by atoms with Crippen molar-refractivity contribution >= 4 is 27.3 Å². The Kier molecular flexibility index (Phi) is 5.91. The number of halogens is 2. The second kappa shape index (κ2) is 7.01. The van der Waals surface area contributed by atoms with Crippen LogP contribution in [-0.4, -0.2) is 44.3 Å². The largest absolute Gasteiger partial charge is 0.386 e. The van der Waals surface area contributed by atoms with E-state index in [1.165, 1.54) is 24.3 Å². The van der Waals surface area contributed by atoms with Gasteiger partial charge in [0.05, 0.1) is 10.9 Å². The van der Waals surface area contributed by atoms with Gasteiger partial charge >= 0.3 is 0 Å². The van der Waals surface area contributed by atoms with Crippen molar-refractivity contribution in [3.05, 3.63) is 29.8 Å². The fourth-order valence-electron chi connectivity index (χ4n) is 1.59. The quantitative estimate of drug-likeness (QED) is 0.759. The van der Waals surface area contributed by atoms with Crippen molar-refractivity contribution in [1.29, 1.82) is 0 Å². The number of aliphatic hydroxyl groups is 1. The minimum absolute atomic E-state index is 0.0926. The average Bonchev–Trinajstić information content (AvgIpc) is 2.42. The molecule has 0 heterocycles. The van der Waals surface area contributed by atoms with Gasteiger partial charge in [0.15, 0.2) is 9.84 Å². The summed E-state index contributed by atoms with van der Waals surface area (Å²) >= 11 is 5.29. The summed E-state index contributed by atoms with van der Waals surface area (Å²) in [5, 5.41) is 12.2. The molecule has 0 bridgehead atoms. The monoisotopic (exact) mass is 323 g/mol. The van der Waals surface area contributed by atoms with E-state index in [2.05, 4.69) is 5.32 Å². The summed E-state index contributed by atoms with van der Waals surface area (Å²) in [6, 6.07) is 4.23. The van der Waals surface area contributed by atoms with E-state index in [9.17, 15) is 22.7 Å². The van der Waals surface area contributed by atoms with Gasteiger partial charge in [0.1, 0.15) is 18.7 Å². The van der Waals surface area contributed by atoms with Gasteiger partial charge in [-0.25, -0.2) is 12.8 Å². The Labute approximate surface area is 121 Å². The van der Waals surface area contributed by atoms with E-state index >= 15 is 0 Å². The van der Waals surface area contributed by atoms with Gasteiger partial charge in [0.2, 0.25) is 5.91 Å². The molecule has 0 aliphatic rings. The highest BCUT2D eigenvalue weighted by atomic mass is 35.5. The lowest BCUT2D eigenvalue weighted by Crippen LogP contribution is -2.41. The zero-order valence-electron chi connectivity index (χ0n) is 10.7. The van der Waals surface area contributed by atoms with Crippen LogP contribution in [0, 0.1) is 0 Å². The van der Waals surface area contributed by atoms with E-state index in [-0.39, 0.29) is 10.8 Å². The number of rotatable bonds is 6. The minimum atomic E-state index is -3.34. The molecule has 5 nitrogen and oxygen atoms in total. The zero-order valence-corrected chi connectivity index (χ0v) is 12.3. The minimum Gasteiger partial charge on any atom is -0.386 e. The molecule has 1 aromatic rings. The van der Waals surface area contributed by atoms with Gasteiger partial charge in [0, 0.05) is 6.26 Å². The molecule has 0 aromatic heterocycles. The zero-order chi connectivity index (χ0) is 15.3. The molecule has 2 atom stereocenters. The first kappa shape index (κ1) is 16.9. The molecule has 0 fully saturated rings. The van der Waals surface area contributed by atoms with Gasteiger partial charge in [-0.15, -0.1) is 11.6 Å². The van der Waals surface area contributed by atoms with Crippen molar-refractivity contribution in [2.24, 2.45) is 0 Å². The Morgan fingerprint density at radius 3 is 2.35 bits per heavy atom. The molecule has 1 rings (SSSR count). The third-order valence-corrected chi connectivity index (χ3v) is 4.04. The number of carbonyl (C=O) groups excluding carboxylic acids is 1. The lowest BCUT2D eigenvalue weighted by molar-refractivity contribution is -0.120. The molecule has 2 N–H and O–H groups in total. The van der Waals surface area contributed by atoms with Crippen molar-refractivity contribution in [3.8, 4) is 0 Å². The van der Waals surface area contributed by atoms with Crippen molar-refractivity contribution in [2.75, 3.05) is 18.8 Å². The molecule has 0 saturated carbocycles. The Balaban J connectivity index is 2.90. The van der Waals surface area contributed by atoms with E-state index in [0.717, 1.165) is 6.26 Å². The molecule has 0 aliphatic carbocycles. The summed E-state index contributed by atoms with van der Waals surface area (Å²) in [4.78, 5) is 11.2. The number of carbonyl (C=O) groups is 1. The number of hydrogen-bond acceptors (Lipinski definition) is 4. The number of hydrogen-bond donors (Lipinski definition) is 2. The molecule has 1 amide bonds. The van der Waals surface area contributed by atoms with Crippen LogP contribution in [0.15, 0.2) is 29.2 Å². The van der Waals surface area contributed by atoms with Crippen molar-refractivity contribution < 1.29 is 22.7 Å². The fourth-order valence-corrected chi connectivity index (χ4v) is 2.30. The lowest BCUT2D eigenvalue weighted by atomic mass is 10.0. The smallest absolute Gasteiger partial charge is 0.235 e. The third kappa shape index (κ3) is 4.43. The Morgan fingerprint density at radius 1 is 1.40 bits per heavy atom. The van der Waals surface area contributed by atoms with Gasteiger partial charge in [-0.05, 0) is 17.7 Å². The summed E-state index contributed by atoms with van der Waals surface area (Å²) in [6.07, 6.45) is -0.232. The molecule has 0 radical (unpaired) electrons. The van der Waals surface area contributed by atoms with E-state index in [1.807, 2.05) is 0 Å². The van der Waals surface area contributed by atoms with Crippen molar-refractivity contribution in [2.45, 2.75) is 17.0 Å². The van der Waals surface area contributed by atoms with Crippen LogP contribution in [0.25, 0.3) is 0 Å². The maximum Gasteiger partial charge on any atom is 0.235 e. The molecule has 0 saturated heterocycles. The van der Waals surface area contributed by atoms with E-state index in [1.54, 1.807) is 0 Å². The van der Waals surface area contributed by atoms with Crippen LogP contribution < -0.4 is 5.32 Å². The van der Waals surface area contributed by atoms with E-state index < -0.39 is 34.6 Å². The van der Waals surface area contributed by atoms with Crippen LogP contribution in [0.2, 0.25) is 0 Å². The lowest BCUT2D eigenvalue weighted by Gasteiger charge is -2.21. The Hall–Kier alpha value is -1.18. The second-order valence-corrected chi connectivity index (χ2v) is 6.53. The summed E-state index contributed by atoms with van der Waals surface area (Å²) in [5.74, 6) is -0.933. The summed E-state index contributed by atoms with van der Waals surface area (Å²) in [5.41, 5.74) is 0.301. The number of amides is 1. The number of benzene rings is 1. The highest BCUT2D eigenvalue weighted by Gasteiger charge is 2.23. The maximum atomic E-state index is 12.8. The molecule has 8 heteroatoms. The van der Waals surface area contributed by atoms with Crippen LogP contribution in [0.1, 0.15) is 11.7 Å². The highest BCUT2D eigenvalue weighted by Crippen LogP contribution is 2.19. The molecule has 0 spiro atoms. The molecule has 0 aliphatic heterocycles. The number of nitrogens with one attached hydrogen (secondary N) is 1. The predicted octanol–water partition coefficient (Wildman–Crippen LogP) is 0.817. The summed E-state index contributed by atoms with van der Waals surface area (Å²) < 4.78 is 35.4. The normalized spacial score (nSPS) is 14.6. The summed E-state index contributed by atoms with van der Waals surface area (Å²) in [7, 11) is -3.34. The van der Waals surface area contributed by atoms with Gasteiger partial charge in [0.25, 0.3) is 0 Å². The van der Waals surface area contributed by atoms with Crippen LogP contribution >= 0.6 is 11.6 Å². The van der Waals surface area contributed by atoms with Gasteiger partial charge in [-0.1, -0.05) is 12.1 Å². The van der Waals surface area contributed by atoms with Crippen molar-refractivity contribution in [3.63, 3.8) is 0 Å². The topological polar surface area (TPSA) is 83.5 Å². The number of alkyl halides is 2. The first-order chi connectivity index (χ1) is 9.29. The van der Waals surface area contributed by atoms with Crippen LogP contribution in [0.3, 0.4) is 0 Å². The Bertz CT molecular complexity index is 561. The van der Waals surface area contributed by atoms with Crippen LogP contribution in [0.5, 0.6) is 0 Å². The van der Waals surface area contributed by atoms with E-state index in [4.69, 9.17) is 11.6 Å². The first-order valence-corrected chi connectivity index (χ1v) is 8.11.